The lowest BCUT2D eigenvalue weighted by Gasteiger charge is -2.27. The number of rotatable bonds is 7. The SMILES string of the molecule is O=C1C(=O)N(c2ccc(N(c3ccc(-c4ccccc4)cc3)c3ccc(-c4ccccc4)cc3)cc2)c2ccc(-c3ccccc3)cc21. The molecule has 1 amide bonds. The van der Waals surface area contributed by atoms with E-state index in [0.29, 0.717) is 16.9 Å². The lowest BCUT2D eigenvalue weighted by Crippen LogP contribution is -2.24. The van der Waals surface area contributed by atoms with Crippen LogP contribution in [0.2, 0.25) is 0 Å². The van der Waals surface area contributed by atoms with Crippen molar-refractivity contribution in [2.24, 2.45) is 0 Å². The molecule has 0 saturated heterocycles. The molecule has 0 bridgehead atoms. The van der Waals surface area contributed by atoms with E-state index in [0.717, 1.165) is 50.4 Å². The topological polar surface area (TPSA) is 40.6 Å². The van der Waals surface area contributed by atoms with E-state index in [-0.39, 0.29) is 0 Å². The van der Waals surface area contributed by atoms with Gasteiger partial charge in [-0.3, -0.25) is 14.5 Å². The molecule has 0 aromatic heterocycles. The summed E-state index contributed by atoms with van der Waals surface area (Å²) in [6.45, 7) is 0. The van der Waals surface area contributed by atoms with Crippen molar-refractivity contribution in [1.29, 1.82) is 0 Å². The summed E-state index contributed by atoms with van der Waals surface area (Å²) >= 11 is 0. The summed E-state index contributed by atoms with van der Waals surface area (Å²) in [6.07, 6.45) is 0. The zero-order valence-corrected chi connectivity index (χ0v) is 26.0. The Labute approximate surface area is 279 Å². The van der Waals surface area contributed by atoms with E-state index in [1.54, 1.807) is 0 Å². The van der Waals surface area contributed by atoms with Crippen molar-refractivity contribution in [2.75, 3.05) is 9.80 Å². The number of hydrogen-bond acceptors (Lipinski definition) is 3. The minimum atomic E-state index is -0.548. The number of carbonyl (C=O) groups excluding carboxylic acids is 2. The Hall–Kier alpha value is -6.52. The largest absolute Gasteiger partial charge is 0.311 e. The Morgan fingerprint density at radius 3 is 1.21 bits per heavy atom. The fourth-order valence-corrected chi connectivity index (χ4v) is 6.37. The number of anilines is 5. The predicted octanol–water partition coefficient (Wildman–Crippen LogP) is 11.0. The molecule has 1 aliphatic heterocycles. The van der Waals surface area contributed by atoms with Gasteiger partial charge in [0, 0.05) is 22.7 Å². The maximum Gasteiger partial charge on any atom is 0.304 e. The number of benzene rings is 7. The molecule has 228 valence electrons. The van der Waals surface area contributed by atoms with Gasteiger partial charge in [-0.2, -0.15) is 0 Å². The summed E-state index contributed by atoms with van der Waals surface area (Å²) in [4.78, 5) is 30.2. The highest BCUT2D eigenvalue weighted by atomic mass is 16.2. The summed E-state index contributed by atoms with van der Waals surface area (Å²) in [5.74, 6) is -1.04. The van der Waals surface area contributed by atoms with Crippen molar-refractivity contribution in [1.82, 2.24) is 0 Å². The highest BCUT2D eigenvalue weighted by Gasteiger charge is 2.37. The number of amides is 1. The highest BCUT2D eigenvalue weighted by molar-refractivity contribution is 6.53. The van der Waals surface area contributed by atoms with E-state index in [2.05, 4.69) is 77.7 Å². The monoisotopic (exact) mass is 618 g/mol. The second kappa shape index (κ2) is 12.3. The maximum absolute atomic E-state index is 13.3. The fourth-order valence-electron chi connectivity index (χ4n) is 6.37. The van der Waals surface area contributed by atoms with Gasteiger partial charge < -0.3 is 4.90 Å². The minimum absolute atomic E-state index is 0.420. The van der Waals surface area contributed by atoms with Gasteiger partial charge >= 0.3 is 5.91 Å². The normalized spacial score (nSPS) is 12.2. The zero-order chi connectivity index (χ0) is 32.5. The van der Waals surface area contributed by atoms with Crippen LogP contribution in [0.5, 0.6) is 0 Å². The van der Waals surface area contributed by atoms with E-state index < -0.39 is 11.7 Å². The number of fused-ring (bicyclic) bond motifs is 1. The van der Waals surface area contributed by atoms with Crippen LogP contribution < -0.4 is 9.80 Å². The number of Topliss-reactive ketones (excluding diaryl/α,β-unsaturated/α-hetero) is 1. The van der Waals surface area contributed by atoms with Crippen molar-refractivity contribution in [2.45, 2.75) is 0 Å². The molecule has 0 aliphatic carbocycles. The molecular formula is C44H30N2O2. The molecule has 0 spiro atoms. The van der Waals surface area contributed by atoms with E-state index in [4.69, 9.17) is 0 Å². The summed E-state index contributed by atoms with van der Waals surface area (Å²) in [6, 6.07) is 61.1. The average Bonchev–Trinajstić information content (AvgIpc) is 3.42. The lowest BCUT2D eigenvalue weighted by atomic mass is 10.0. The Morgan fingerprint density at radius 2 is 0.750 bits per heavy atom. The third kappa shape index (κ3) is 5.36. The number of hydrogen-bond donors (Lipinski definition) is 0. The molecule has 7 aromatic carbocycles. The molecule has 1 aliphatic rings. The smallest absolute Gasteiger partial charge is 0.304 e. The molecule has 48 heavy (non-hydrogen) atoms. The van der Waals surface area contributed by atoms with Crippen molar-refractivity contribution in [3.05, 3.63) is 188 Å². The number of carbonyl (C=O) groups is 2. The van der Waals surface area contributed by atoms with Gasteiger partial charge in [0.25, 0.3) is 5.78 Å². The van der Waals surface area contributed by atoms with Crippen molar-refractivity contribution < 1.29 is 9.59 Å². The molecule has 0 fully saturated rings. The second-order valence-electron chi connectivity index (χ2n) is 11.7. The van der Waals surface area contributed by atoms with Crippen molar-refractivity contribution in [3.63, 3.8) is 0 Å². The van der Waals surface area contributed by atoms with Crippen LogP contribution in [0.4, 0.5) is 28.4 Å². The fraction of sp³-hybridized carbons (Fsp3) is 0. The Morgan fingerprint density at radius 1 is 0.375 bits per heavy atom. The standard InChI is InChI=1S/C44H30N2O2/c47-43-41-30-36(33-14-8-3-9-15-33)20-29-42(41)46(44(43)48)40-27-25-39(26-28-40)45(37-21-16-34(17-22-37)31-10-4-1-5-11-31)38-23-18-35(19-24-38)32-12-6-2-7-13-32/h1-30H. The van der Waals surface area contributed by atoms with Crippen molar-refractivity contribution >= 4 is 40.1 Å². The molecule has 0 N–H and O–H groups in total. The summed E-state index contributed by atoms with van der Waals surface area (Å²) < 4.78 is 0. The highest BCUT2D eigenvalue weighted by Crippen LogP contribution is 2.41. The predicted molar refractivity (Wildman–Crippen MR) is 195 cm³/mol. The quantitative estimate of drug-likeness (QED) is 0.167. The van der Waals surface area contributed by atoms with E-state index in [9.17, 15) is 9.59 Å². The van der Waals surface area contributed by atoms with Gasteiger partial charge in [-0.05, 0) is 94.0 Å². The first-order chi connectivity index (χ1) is 23.6. The third-order valence-corrected chi connectivity index (χ3v) is 8.82. The number of nitrogens with zero attached hydrogens (tertiary/aromatic N) is 2. The molecule has 7 aromatic rings. The minimum Gasteiger partial charge on any atom is -0.311 e. The number of ketones is 1. The second-order valence-corrected chi connectivity index (χ2v) is 11.7. The van der Waals surface area contributed by atoms with Gasteiger partial charge in [-0.15, -0.1) is 0 Å². The molecule has 4 nitrogen and oxygen atoms in total. The van der Waals surface area contributed by atoms with Gasteiger partial charge in [-0.1, -0.05) is 121 Å². The Balaban J connectivity index is 1.15. The van der Waals surface area contributed by atoms with Gasteiger partial charge in [0.05, 0.1) is 11.3 Å². The van der Waals surface area contributed by atoms with Crippen LogP contribution >= 0.6 is 0 Å². The van der Waals surface area contributed by atoms with E-state index >= 15 is 0 Å². The van der Waals surface area contributed by atoms with Crippen LogP contribution in [0.15, 0.2) is 182 Å². The van der Waals surface area contributed by atoms with Crippen LogP contribution in [0, 0.1) is 0 Å². The summed E-state index contributed by atoms with van der Waals surface area (Å²) in [5.41, 5.74) is 11.1. The van der Waals surface area contributed by atoms with Gasteiger partial charge in [0.1, 0.15) is 0 Å². The third-order valence-electron chi connectivity index (χ3n) is 8.82. The van der Waals surface area contributed by atoms with E-state index in [1.807, 2.05) is 109 Å². The lowest BCUT2D eigenvalue weighted by molar-refractivity contribution is -0.113. The van der Waals surface area contributed by atoms with Crippen LogP contribution in [-0.4, -0.2) is 11.7 Å². The Kier molecular flexibility index (Phi) is 7.44. The van der Waals surface area contributed by atoms with Crippen LogP contribution in [0.1, 0.15) is 10.4 Å². The summed E-state index contributed by atoms with van der Waals surface area (Å²) in [5, 5.41) is 0. The first-order valence-corrected chi connectivity index (χ1v) is 15.9. The molecule has 1 heterocycles. The van der Waals surface area contributed by atoms with Gasteiger partial charge in [0.15, 0.2) is 0 Å². The van der Waals surface area contributed by atoms with Crippen LogP contribution in [0.3, 0.4) is 0 Å². The Bertz CT molecular complexity index is 2150. The molecule has 0 saturated carbocycles. The summed E-state index contributed by atoms with van der Waals surface area (Å²) in [7, 11) is 0. The molecule has 0 radical (unpaired) electrons. The molecular weight excluding hydrogens is 588 g/mol. The van der Waals surface area contributed by atoms with Gasteiger partial charge in [-0.25, -0.2) is 0 Å². The molecule has 0 atom stereocenters. The average molecular weight is 619 g/mol. The van der Waals surface area contributed by atoms with E-state index in [1.165, 1.54) is 4.90 Å². The maximum atomic E-state index is 13.3. The first-order valence-electron chi connectivity index (χ1n) is 15.9. The van der Waals surface area contributed by atoms with Crippen LogP contribution in [-0.2, 0) is 4.79 Å². The molecule has 4 heteroatoms. The first kappa shape index (κ1) is 28.9. The van der Waals surface area contributed by atoms with Crippen LogP contribution in [0.25, 0.3) is 33.4 Å². The van der Waals surface area contributed by atoms with Crippen molar-refractivity contribution in [3.8, 4) is 33.4 Å². The molecule has 0 unspecified atom stereocenters. The molecule has 8 rings (SSSR count). The zero-order valence-electron chi connectivity index (χ0n) is 26.0. The van der Waals surface area contributed by atoms with Gasteiger partial charge in [0.2, 0.25) is 0 Å².